The lowest BCUT2D eigenvalue weighted by Crippen LogP contribution is -2.47. The monoisotopic (exact) mass is 281 g/mol. The summed E-state index contributed by atoms with van der Waals surface area (Å²) in [6.45, 7) is 4.77. The molecule has 2 aliphatic rings. The number of piperidine rings is 1. The molecule has 0 aromatic rings. The van der Waals surface area contributed by atoms with Gasteiger partial charge in [-0.2, -0.15) is 0 Å². The Morgan fingerprint density at radius 2 is 1.75 bits per heavy atom. The Balaban J connectivity index is 1.83. The van der Waals surface area contributed by atoms with E-state index in [9.17, 15) is 4.79 Å². The Morgan fingerprint density at radius 1 is 1.05 bits per heavy atom. The molecule has 4 nitrogen and oxygen atoms in total. The highest BCUT2D eigenvalue weighted by molar-refractivity contribution is 5.78. The van der Waals surface area contributed by atoms with Crippen LogP contribution in [-0.2, 0) is 4.79 Å². The van der Waals surface area contributed by atoms with Gasteiger partial charge in [0.2, 0.25) is 5.91 Å². The average Bonchev–Trinajstić information content (AvgIpc) is 2.75. The van der Waals surface area contributed by atoms with E-state index in [1.165, 1.54) is 51.4 Å². The number of nitrogens with one attached hydrogen (secondary N) is 1. The van der Waals surface area contributed by atoms with Gasteiger partial charge in [0.1, 0.15) is 0 Å². The largest absolute Gasteiger partial charge is 0.342 e. The van der Waals surface area contributed by atoms with E-state index in [-0.39, 0.29) is 0 Å². The Hall–Kier alpha value is -0.610. The summed E-state index contributed by atoms with van der Waals surface area (Å²) in [7, 11) is 2.01. The summed E-state index contributed by atoms with van der Waals surface area (Å²) in [5.41, 5.74) is 0. The number of hydrogen-bond acceptors (Lipinski definition) is 3. The molecule has 1 atom stereocenters. The Morgan fingerprint density at radius 3 is 2.45 bits per heavy atom. The molecule has 2 fully saturated rings. The van der Waals surface area contributed by atoms with E-state index in [1.54, 1.807) is 0 Å². The molecule has 0 saturated carbocycles. The fourth-order valence-corrected chi connectivity index (χ4v) is 3.50. The zero-order valence-electron chi connectivity index (χ0n) is 13.1. The second kappa shape index (κ2) is 8.63. The predicted molar refractivity (Wildman–Crippen MR) is 82.8 cm³/mol. The van der Waals surface area contributed by atoms with Crippen LogP contribution < -0.4 is 5.32 Å². The van der Waals surface area contributed by atoms with Crippen LogP contribution >= 0.6 is 0 Å². The Labute approximate surface area is 123 Å². The van der Waals surface area contributed by atoms with Crippen molar-refractivity contribution in [3.05, 3.63) is 0 Å². The molecule has 2 saturated heterocycles. The first-order valence-electron chi connectivity index (χ1n) is 8.47. The molecule has 0 aromatic carbocycles. The molecule has 0 aromatic heterocycles. The summed E-state index contributed by atoms with van der Waals surface area (Å²) in [5.74, 6) is 0.364. The van der Waals surface area contributed by atoms with Crippen LogP contribution in [0.2, 0.25) is 0 Å². The van der Waals surface area contributed by atoms with E-state index in [0.29, 0.717) is 18.5 Å². The molecule has 0 aliphatic carbocycles. The van der Waals surface area contributed by atoms with Crippen molar-refractivity contribution in [3.8, 4) is 0 Å². The summed E-state index contributed by atoms with van der Waals surface area (Å²) >= 11 is 0. The minimum atomic E-state index is 0.364. The molecule has 1 N–H and O–H groups in total. The van der Waals surface area contributed by atoms with Crippen LogP contribution in [-0.4, -0.2) is 61.5 Å². The highest BCUT2D eigenvalue weighted by Crippen LogP contribution is 2.20. The van der Waals surface area contributed by atoms with Gasteiger partial charge in [0.05, 0.1) is 6.54 Å². The number of likely N-dealkylation sites (tertiary alicyclic amines) is 2. The maximum atomic E-state index is 12.5. The van der Waals surface area contributed by atoms with Crippen molar-refractivity contribution in [2.24, 2.45) is 0 Å². The number of carbonyl (C=O) groups is 1. The maximum absolute atomic E-state index is 12.5. The standard InChI is InChI=1S/C16H31N3O/c1-17-10-9-15-8-4-7-13-19(15)14-16(20)18-11-5-2-3-6-12-18/h15,17H,2-14H2,1H3. The number of hydrogen-bond donors (Lipinski definition) is 1. The zero-order chi connectivity index (χ0) is 14.2. The van der Waals surface area contributed by atoms with Gasteiger partial charge in [-0.3, -0.25) is 9.69 Å². The van der Waals surface area contributed by atoms with Gasteiger partial charge in [-0.25, -0.2) is 0 Å². The van der Waals surface area contributed by atoms with Crippen molar-refractivity contribution in [1.82, 2.24) is 15.1 Å². The highest BCUT2D eigenvalue weighted by Gasteiger charge is 2.25. The summed E-state index contributed by atoms with van der Waals surface area (Å²) in [5, 5.41) is 3.24. The normalized spacial score (nSPS) is 25.4. The quantitative estimate of drug-likeness (QED) is 0.835. The van der Waals surface area contributed by atoms with Crippen molar-refractivity contribution in [2.45, 2.75) is 57.4 Å². The second-order valence-corrected chi connectivity index (χ2v) is 6.31. The van der Waals surface area contributed by atoms with E-state index in [1.807, 2.05) is 7.05 Å². The number of carbonyl (C=O) groups excluding carboxylic acids is 1. The molecule has 1 unspecified atom stereocenters. The fraction of sp³-hybridized carbons (Fsp3) is 0.938. The van der Waals surface area contributed by atoms with Gasteiger partial charge in [0, 0.05) is 19.1 Å². The Kier molecular flexibility index (Phi) is 6.80. The summed E-state index contributed by atoms with van der Waals surface area (Å²) in [4.78, 5) is 17.1. The van der Waals surface area contributed by atoms with Gasteiger partial charge in [0.15, 0.2) is 0 Å². The number of amides is 1. The molecule has 2 rings (SSSR count). The molecule has 2 heterocycles. The van der Waals surface area contributed by atoms with Crippen molar-refractivity contribution >= 4 is 5.91 Å². The molecular weight excluding hydrogens is 250 g/mol. The summed E-state index contributed by atoms with van der Waals surface area (Å²) in [6.07, 6.45) is 9.96. The minimum absolute atomic E-state index is 0.364. The second-order valence-electron chi connectivity index (χ2n) is 6.31. The first kappa shape index (κ1) is 15.8. The van der Waals surface area contributed by atoms with E-state index in [2.05, 4.69) is 15.1 Å². The van der Waals surface area contributed by atoms with Crippen LogP contribution in [0.1, 0.15) is 51.4 Å². The van der Waals surface area contributed by atoms with Gasteiger partial charge < -0.3 is 10.2 Å². The molecule has 0 bridgehead atoms. The van der Waals surface area contributed by atoms with Crippen LogP contribution in [0.25, 0.3) is 0 Å². The van der Waals surface area contributed by atoms with Gasteiger partial charge in [0.25, 0.3) is 0 Å². The molecule has 0 radical (unpaired) electrons. The topological polar surface area (TPSA) is 35.6 Å². The van der Waals surface area contributed by atoms with Crippen molar-refractivity contribution in [3.63, 3.8) is 0 Å². The molecule has 1 amide bonds. The highest BCUT2D eigenvalue weighted by atomic mass is 16.2. The van der Waals surface area contributed by atoms with Crippen molar-refractivity contribution in [1.29, 1.82) is 0 Å². The van der Waals surface area contributed by atoms with Crippen molar-refractivity contribution in [2.75, 3.05) is 39.8 Å². The van der Waals surface area contributed by atoms with Gasteiger partial charge in [-0.1, -0.05) is 19.3 Å². The van der Waals surface area contributed by atoms with E-state index < -0.39 is 0 Å². The van der Waals surface area contributed by atoms with E-state index in [0.717, 1.165) is 26.2 Å². The minimum Gasteiger partial charge on any atom is -0.342 e. The van der Waals surface area contributed by atoms with E-state index >= 15 is 0 Å². The molecule has 4 heteroatoms. The van der Waals surface area contributed by atoms with Crippen LogP contribution in [0.3, 0.4) is 0 Å². The van der Waals surface area contributed by atoms with Crippen LogP contribution in [0.5, 0.6) is 0 Å². The lowest BCUT2D eigenvalue weighted by atomic mass is 9.99. The first-order chi connectivity index (χ1) is 9.81. The first-order valence-corrected chi connectivity index (χ1v) is 8.47. The third-order valence-electron chi connectivity index (χ3n) is 4.77. The van der Waals surface area contributed by atoms with Crippen LogP contribution in [0.4, 0.5) is 0 Å². The summed E-state index contributed by atoms with van der Waals surface area (Å²) < 4.78 is 0. The molecule has 0 spiro atoms. The fourth-order valence-electron chi connectivity index (χ4n) is 3.50. The lowest BCUT2D eigenvalue weighted by molar-refractivity contribution is -0.133. The third kappa shape index (κ3) is 4.74. The van der Waals surface area contributed by atoms with Crippen molar-refractivity contribution < 1.29 is 4.79 Å². The van der Waals surface area contributed by atoms with E-state index in [4.69, 9.17) is 0 Å². The van der Waals surface area contributed by atoms with Crippen LogP contribution in [0.15, 0.2) is 0 Å². The van der Waals surface area contributed by atoms with Gasteiger partial charge >= 0.3 is 0 Å². The number of nitrogens with zero attached hydrogens (tertiary/aromatic N) is 2. The Bertz CT molecular complexity index is 287. The predicted octanol–water partition coefficient (Wildman–Crippen LogP) is 1.85. The molecule has 2 aliphatic heterocycles. The molecule has 116 valence electrons. The smallest absolute Gasteiger partial charge is 0.236 e. The SMILES string of the molecule is CNCCC1CCCCN1CC(=O)N1CCCCCC1. The van der Waals surface area contributed by atoms with Gasteiger partial charge in [-0.05, 0) is 52.2 Å². The maximum Gasteiger partial charge on any atom is 0.236 e. The molecular formula is C16H31N3O. The number of rotatable bonds is 5. The van der Waals surface area contributed by atoms with Gasteiger partial charge in [-0.15, -0.1) is 0 Å². The lowest BCUT2D eigenvalue weighted by Gasteiger charge is -2.36. The molecule has 20 heavy (non-hydrogen) atoms. The average molecular weight is 281 g/mol. The summed E-state index contributed by atoms with van der Waals surface area (Å²) in [6, 6.07) is 0.604. The third-order valence-corrected chi connectivity index (χ3v) is 4.77. The van der Waals surface area contributed by atoms with Crippen LogP contribution in [0, 0.1) is 0 Å². The zero-order valence-corrected chi connectivity index (χ0v) is 13.1.